The third-order valence-electron chi connectivity index (χ3n) is 9.00. The van der Waals surface area contributed by atoms with Gasteiger partial charge < -0.3 is 45.2 Å². The first-order chi connectivity index (χ1) is 32.3. The van der Waals surface area contributed by atoms with E-state index in [1.165, 1.54) is 51.7 Å². The van der Waals surface area contributed by atoms with Gasteiger partial charge in [-0.05, 0) is 61.4 Å². The number of fused-ring (bicyclic) bond motifs is 2. The Bertz CT molecular complexity index is 2830. The van der Waals surface area contributed by atoms with Crippen LogP contribution in [0.25, 0.3) is 0 Å². The molecule has 0 spiro atoms. The highest BCUT2D eigenvalue weighted by atomic mass is 32.2. The molecule has 4 amide bonds. The number of sulfone groups is 2. The number of carbonyl (C=O) groups is 7. The molecule has 2 aliphatic rings. The van der Waals surface area contributed by atoms with Gasteiger partial charge in [0.25, 0.3) is 17.8 Å². The number of benzene rings is 2. The standard InChI is InChI=1S/C21H23N3O7S.C12H19NO4S.C9H6N2O4.C2H4O2/c1-5-31-17-10-13(6-7-16(17)30-3)15(11-32(4,28)29)24-20(26)18-14(23-12(2)25)8-9-22-19(18)21(24)27;1-4-17-12-7-9(5-6-11(12)16-2)10(13)8-18(3,14)15;1-4(12)11-5-2-3-10-7-6(5)8(13)15-9(7)14;1-2(3)4/h6-10,15H,5,11H2,1-4H3,(H,22,23,25);5-7,10H,4,8,13H2,1-3H3;2-3H,1H3,(H,10,11,12);1H3,(H,3,4). The highest BCUT2D eigenvalue weighted by Gasteiger charge is 2.44. The molecule has 372 valence electrons. The number of nitrogens with two attached hydrogens (primary N) is 1. The molecule has 4 aromatic rings. The Hall–Kier alpha value is -7.51. The summed E-state index contributed by atoms with van der Waals surface area (Å²) in [6, 6.07) is 11.0. The molecule has 0 bridgehead atoms. The number of pyridine rings is 2. The van der Waals surface area contributed by atoms with Crippen LogP contribution in [0.5, 0.6) is 23.0 Å². The number of methoxy groups -OCH3 is 2. The fraction of sp³-hybridized carbons (Fsp3) is 0.341. The van der Waals surface area contributed by atoms with Gasteiger partial charge in [0.1, 0.15) is 30.9 Å². The number of carboxylic acids is 1. The number of nitrogens with zero attached hydrogens (tertiary/aromatic N) is 3. The minimum Gasteiger partial charge on any atom is -0.493 e. The number of hydrogen-bond donors (Lipinski definition) is 4. The molecule has 4 heterocycles. The molecule has 2 aromatic carbocycles. The molecule has 0 aliphatic carbocycles. The van der Waals surface area contributed by atoms with E-state index in [1.807, 2.05) is 6.92 Å². The Balaban J connectivity index is 0.000000287. The van der Waals surface area contributed by atoms with Gasteiger partial charge in [0, 0.05) is 51.7 Å². The smallest absolute Gasteiger partial charge is 0.365 e. The summed E-state index contributed by atoms with van der Waals surface area (Å²) >= 11 is 0. The fourth-order valence-corrected chi connectivity index (χ4v) is 8.19. The van der Waals surface area contributed by atoms with Crippen LogP contribution < -0.4 is 35.3 Å². The molecule has 5 N–H and O–H groups in total. The van der Waals surface area contributed by atoms with E-state index >= 15 is 0 Å². The van der Waals surface area contributed by atoms with Crippen LogP contribution in [0.2, 0.25) is 0 Å². The first-order valence-electron chi connectivity index (χ1n) is 20.4. The number of imide groups is 1. The minimum absolute atomic E-state index is 0.0118. The predicted octanol–water partition coefficient (Wildman–Crippen LogP) is 3.41. The number of esters is 2. The summed E-state index contributed by atoms with van der Waals surface area (Å²) in [4.78, 5) is 88.7. The van der Waals surface area contributed by atoms with Crippen molar-refractivity contribution >= 4 is 72.6 Å². The molecule has 2 aromatic heterocycles. The molecule has 2 aliphatic heterocycles. The second kappa shape index (κ2) is 24.5. The van der Waals surface area contributed by atoms with Crippen LogP contribution in [0.4, 0.5) is 11.4 Å². The summed E-state index contributed by atoms with van der Waals surface area (Å²) in [5.74, 6) is -3.33. The number of ether oxygens (including phenoxy) is 5. The van der Waals surface area contributed by atoms with Crippen LogP contribution in [0, 0.1) is 0 Å². The number of anilines is 2. The van der Waals surface area contributed by atoms with E-state index in [-0.39, 0.29) is 45.5 Å². The van der Waals surface area contributed by atoms with Crippen LogP contribution >= 0.6 is 0 Å². The normalized spacial score (nSPS) is 13.3. The van der Waals surface area contributed by atoms with E-state index in [0.717, 1.165) is 18.1 Å². The van der Waals surface area contributed by atoms with E-state index in [9.17, 15) is 45.6 Å². The lowest BCUT2D eigenvalue weighted by atomic mass is 10.1. The number of nitrogens with one attached hydrogen (secondary N) is 2. The number of amides is 4. The van der Waals surface area contributed by atoms with Crippen molar-refractivity contribution in [3.05, 3.63) is 94.6 Å². The molecule has 25 heteroatoms. The van der Waals surface area contributed by atoms with Crippen molar-refractivity contribution in [2.24, 2.45) is 5.73 Å². The highest BCUT2D eigenvalue weighted by Crippen LogP contribution is 2.38. The van der Waals surface area contributed by atoms with E-state index < -0.39 is 73.1 Å². The average molecular weight is 1000 g/mol. The van der Waals surface area contributed by atoms with Gasteiger partial charge in [-0.3, -0.25) is 33.9 Å². The highest BCUT2D eigenvalue weighted by molar-refractivity contribution is 7.90. The van der Waals surface area contributed by atoms with Gasteiger partial charge in [-0.1, -0.05) is 12.1 Å². The lowest BCUT2D eigenvalue weighted by Crippen LogP contribution is -2.38. The molecular weight excluding hydrogens is 949 g/mol. The predicted molar refractivity (Wildman–Crippen MR) is 248 cm³/mol. The summed E-state index contributed by atoms with van der Waals surface area (Å²) in [6.07, 6.45) is 4.81. The van der Waals surface area contributed by atoms with Gasteiger partial charge in [0.15, 0.2) is 28.7 Å². The quantitative estimate of drug-likeness (QED) is 0.0753. The number of carboxylic acid groups (broad SMARTS) is 1. The van der Waals surface area contributed by atoms with Crippen LogP contribution in [0.15, 0.2) is 60.9 Å². The fourth-order valence-electron chi connectivity index (χ4n) is 6.43. The van der Waals surface area contributed by atoms with Crippen LogP contribution in [-0.4, -0.2) is 130 Å². The van der Waals surface area contributed by atoms with Gasteiger partial charge in [-0.15, -0.1) is 0 Å². The number of aromatic nitrogens is 2. The first kappa shape index (κ1) is 55.8. The number of aliphatic carboxylic acids is 1. The SMILES string of the molecule is CC(=O)Nc1ccnc2c1C(=O)OC2=O.CC(=O)O.CCOc1cc(C(CS(C)(=O)=O)N2C(=O)c3nccc(NC(C)=O)c3C2=O)ccc1OC.CCOc1cc(C(N)CS(C)(=O)=O)ccc1OC. The zero-order chi connectivity index (χ0) is 52.0. The van der Waals surface area contributed by atoms with Crippen molar-refractivity contribution in [3.8, 4) is 23.0 Å². The van der Waals surface area contributed by atoms with Gasteiger partial charge in [0.2, 0.25) is 11.8 Å². The maximum atomic E-state index is 13.3. The third-order valence-corrected chi connectivity index (χ3v) is 10.9. The van der Waals surface area contributed by atoms with Gasteiger partial charge in [-0.2, -0.15) is 0 Å². The summed E-state index contributed by atoms with van der Waals surface area (Å²) in [7, 11) is -3.72. The maximum Gasteiger partial charge on any atom is 0.365 e. The molecular formula is C44H52N6O17S2. The van der Waals surface area contributed by atoms with E-state index in [0.29, 0.717) is 47.3 Å². The van der Waals surface area contributed by atoms with Crippen LogP contribution in [0.1, 0.15) is 99.5 Å². The zero-order valence-corrected chi connectivity index (χ0v) is 40.6. The zero-order valence-electron chi connectivity index (χ0n) is 39.0. The monoisotopic (exact) mass is 1000 g/mol. The molecule has 6 rings (SSSR count). The summed E-state index contributed by atoms with van der Waals surface area (Å²) in [6.45, 7) is 8.12. The molecule has 2 unspecified atom stereocenters. The lowest BCUT2D eigenvalue weighted by molar-refractivity contribution is -0.134. The molecule has 23 nitrogen and oxygen atoms in total. The Morgan fingerprint density at radius 3 is 1.58 bits per heavy atom. The van der Waals surface area contributed by atoms with Crippen molar-refractivity contribution in [1.82, 2.24) is 14.9 Å². The number of carbonyl (C=O) groups excluding carboxylic acids is 6. The minimum atomic E-state index is -3.62. The number of cyclic esters (lactones) is 2. The molecule has 0 fully saturated rings. The average Bonchev–Trinajstić information content (AvgIpc) is 3.69. The topological polar surface area (TPSA) is 333 Å². The van der Waals surface area contributed by atoms with Crippen molar-refractivity contribution in [2.45, 2.75) is 46.7 Å². The van der Waals surface area contributed by atoms with Gasteiger partial charge >= 0.3 is 11.9 Å². The van der Waals surface area contributed by atoms with Crippen molar-refractivity contribution < 1.29 is 79.2 Å². The van der Waals surface area contributed by atoms with Crippen molar-refractivity contribution in [1.29, 1.82) is 0 Å². The lowest BCUT2D eigenvalue weighted by Gasteiger charge is -2.26. The molecule has 69 heavy (non-hydrogen) atoms. The van der Waals surface area contributed by atoms with E-state index in [1.54, 1.807) is 50.4 Å². The summed E-state index contributed by atoms with van der Waals surface area (Å²) < 4.78 is 72.6. The van der Waals surface area contributed by atoms with E-state index in [2.05, 4.69) is 25.3 Å². The Labute approximate surface area is 397 Å². The van der Waals surface area contributed by atoms with Gasteiger partial charge in [-0.25, -0.2) is 31.4 Å². The Morgan fingerprint density at radius 1 is 0.681 bits per heavy atom. The van der Waals surface area contributed by atoms with E-state index in [4.69, 9.17) is 34.6 Å². The maximum absolute atomic E-state index is 13.3. The summed E-state index contributed by atoms with van der Waals surface area (Å²) in [5.41, 5.74) is 7.03. The van der Waals surface area contributed by atoms with Crippen LogP contribution in [0.3, 0.4) is 0 Å². The van der Waals surface area contributed by atoms with Crippen molar-refractivity contribution in [3.63, 3.8) is 0 Å². The number of rotatable bonds is 15. The van der Waals surface area contributed by atoms with Gasteiger partial charge in [0.05, 0.1) is 61.9 Å². The second-order valence-electron chi connectivity index (χ2n) is 14.7. The molecule has 0 saturated heterocycles. The largest absolute Gasteiger partial charge is 0.493 e. The van der Waals surface area contributed by atoms with Crippen LogP contribution in [-0.2, 0) is 38.8 Å². The molecule has 0 radical (unpaired) electrons. The second-order valence-corrected chi connectivity index (χ2v) is 19.1. The molecule has 0 saturated carbocycles. The Morgan fingerprint density at radius 2 is 1.13 bits per heavy atom. The number of hydrogen-bond acceptors (Lipinski definition) is 19. The summed E-state index contributed by atoms with van der Waals surface area (Å²) in [5, 5.41) is 12.4. The van der Waals surface area contributed by atoms with Crippen molar-refractivity contribution in [2.75, 3.05) is 62.1 Å². The third kappa shape index (κ3) is 15.8. The Kier molecular flexibility index (Phi) is 19.8. The molecule has 2 atom stereocenters. The first-order valence-corrected chi connectivity index (χ1v) is 24.5.